The van der Waals surface area contributed by atoms with Crippen molar-refractivity contribution in [2.45, 2.75) is 12.2 Å². The molecular formula is C12H13ClN2O5. The summed E-state index contributed by atoms with van der Waals surface area (Å²) in [5.74, 6) is -1.16. The highest BCUT2D eigenvalue weighted by Crippen LogP contribution is 2.20. The number of aromatic carboxylic acids is 1. The maximum atomic E-state index is 11.9. The lowest BCUT2D eigenvalue weighted by atomic mass is 10.2. The molecule has 0 radical (unpaired) electrons. The van der Waals surface area contributed by atoms with Gasteiger partial charge in [-0.2, -0.15) is 0 Å². The van der Waals surface area contributed by atoms with Crippen LogP contribution in [0.25, 0.3) is 0 Å². The van der Waals surface area contributed by atoms with E-state index in [1.807, 2.05) is 0 Å². The first-order valence-electron chi connectivity index (χ1n) is 5.83. The Balaban J connectivity index is 2.10. The topological polar surface area (TPSA) is 110 Å². The largest absolute Gasteiger partial charge is 0.478 e. The molecule has 1 saturated heterocycles. The van der Waals surface area contributed by atoms with Gasteiger partial charge in [-0.25, -0.2) is 9.59 Å². The third-order valence-corrected chi connectivity index (χ3v) is 3.16. The van der Waals surface area contributed by atoms with Crippen LogP contribution in [0.1, 0.15) is 10.4 Å². The number of urea groups is 1. The number of carboxylic acids is 1. The molecule has 1 aliphatic heterocycles. The molecule has 1 aromatic carbocycles. The Morgan fingerprint density at radius 3 is 2.35 bits per heavy atom. The van der Waals surface area contributed by atoms with Crippen molar-refractivity contribution in [3.63, 3.8) is 0 Å². The standard InChI is InChI=1S/C12H13ClN2O5/c13-7-1-6(11(18)19)2-8(3-7)14-12(20)15-4-9(16)10(17)5-15/h1-3,9-10,16-17H,4-5H2,(H,14,20)(H,18,19). The number of anilines is 1. The molecule has 20 heavy (non-hydrogen) atoms. The molecule has 4 N–H and O–H groups in total. The number of hydrogen-bond donors (Lipinski definition) is 4. The summed E-state index contributed by atoms with van der Waals surface area (Å²) in [6.45, 7) is 0.0265. The number of aliphatic hydroxyl groups excluding tert-OH is 2. The second-order valence-corrected chi connectivity index (χ2v) is 4.94. The fourth-order valence-corrected chi connectivity index (χ4v) is 2.16. The van der Waals surface area contributed by atoms with E-state index in [-0.39, 0.29) is 29.4 Å². The van der Waals surface area contributed by atoms with Crippen molar-refractivity contribution in [1.29, 1.82) is 0 Å². The zero-order valence-electron chi connectivity index (χ0n) is 10.3. The zero-order chi connectivity index (χ0) is 14.9. The van der Waals surface area contributed by atoms with E-state index in [0.717, 1.165) is 0 Å². The van der Waals surface area contributed by atoms with Gasteiger partial charge in [-0.1, -0.05) is 11.6 Å². The van der Waals surface area contributed by atoms with Crippen molar-refractivity contribution in [3.05, 3.63) is 28.8 Å². The lowest BCUT2D eigenvalue weighted by Gasteiger charge is -2.16. The first-order chi connectivity index (χ1) is 9.36. The molecule has 1 aromatic rings. The van der Waals surface area contributed by atoms with E-state index >= 15 is 0 Å². The van der Waals surface area contributed by atoms with Crippen LogP contribution in [0.3, 0.4) is 0 Å². The number of hydrogen-bond acceptors (Lipinski definition) is 4. The maximum absolute atomic E-state index is 11.9. The summed E-state index contributed by atoms with van der Waals surface area (Å²) in [5, 5.41) is 30.3. The van der Waals surface area contributed by atoms with Gasteiger partial charge in [0.1, 0.15) is 0 Å². The summed E-state index contributed by atoms with van der Waals surface area (Å²) in [6, 6.07) is 3.41. The van der Waals surface area contributed by atoms with Crippen molar-refractivity contribution in [3.8, 4) is 0 Å². The molecule has 0 saturated carbocycles. The number of aliphatic hydroxyl groups is 2. The minimum atomic E-state index is -1.16. The monoisotopic (exact) mass is 300 g/mol. The van der Waals surface area contributed by atoms with Crippen LogP contribution in [0.15, 0.2) is 18.2 Å². The third kappa shape index (κ3) is 3.19. The fraction of sp³-hybridized carbons (Fsp3) is 0.333. The molecule has 2 rings (SSSR count). The number of β-amino-alcohol motifs (C(OH)–C–C–N with tert-alkyl or cyclic N) is 2. The Morgan fingerprint density at radius 1 is 1.20 bits per heavy atom. The lowest BCUT2D eigenvalue weighted by Crippen LogP contribution is -2.34. The summed E-state index contributed by atoms with van der Waals surface area (Å²) >= 11 is 5.78. The van der Waals surface area contributed by atoms with Gasteiger partial charge in [-0.05, 0) is 18.2 Å². The van der Waals surface area contributed by atoms with E-state index < -0.39 is 24.2 Å². The molecule has 0 aromatic heterocycles. The van der Waals surface area contributed by atoms with Crippen molar-refractivity contribution in [2.24, 2.45) is 0 Å². The van der Waals surface area contributed by atoms with E-state index in [9.17, 15) is 19.8 Å². The zero-order valence-corrected chi connectivity index (χ0v) is 11.0. The Kier molecular flexibility index (Phi) is 4.12. The quantitative estimate of drug-likeness (QED) is 0.639. The molecule has 0 aliphatic carbocycles. The summed E-state index contributed by atoms with van der Waals surface area (Å²) in [7, 11) is 0. The molecule has 1 fully saturated rings. The van der Waals surface area contributed by atoms with Crippen molar-refractivity contribution < 1.29 is 24.9 Å². The van der Waals surface area contributed by atoms with E-state index in [1.165, 1.54) is 23.1 Å². The van der Waals surface area contributed by atoms with Crippen LogP contribution in [-0.4, -0.2) is 57.5 Å². The summed E-state index contributed by atoms with van der Waals surface area (Å²) < 4.78 is 0. The van der Waals surface area contributed by atoms with Crippen LogP contribution in [0.4, 0.5) is 10.5 Å². The van der Waals surface area contributed by atoms with Gasteiger partial charge >= 0.3 is 12.0 Å². The van der Waals surface area contributed by atoms with Crippen LogP contribution >= 0.6 is 11.6 Å². The van der Waals surface area contributed by atoms with Crippen LogP contribution in [-0.2, 0) is 0 Å². The summed E-state index contributed by atoms with van der Waals surface area (Å²) in [4.78, 5) is 24.0. The third-order valence-electron chi connectivity index (χ3n) is 2.94. The fourth-order valence-electron chi connectivity index (χ4n) is 1.92. The minimum absolute atomic E-state index is 0.0132. The molecule has 7 nitrogen and oxygen atoms in total. The maximum Gasteiger partial charge on any atom is 0.335 e. The smallest absolute Gasteiger partial charge is 0.335 e. The van der Waals surface area contributed by atoms with Crippen molar-refractivity contribution >= 4 is 29.3 Å². The average molecular weight is 301 g/mol. The highest BCUT2D eigenvalue weighted by atomic mass is 35.5. The van der Waals surface area contributed by atoms with Crippen LogP contribution in [0, 0.1) is 0 Å². The lowest BCUT2D eigenvalue weighted by molar-refractivity contribution is 0.0572. The molecule has 108 valence electrons. The number of carbonyl (C=O) groups excluding carboxylic acids is 1. The second kappa shape index (κ2) is 5.66. The number of benzene rings is 1. The van der Waals surface area contributed by atoms with Crippen LogP contribution < -0.4 is 5.32 Å². The van der Waals surface area contributed by atoms with Crippen molar-refractivity contribution in [1.82, 2.24) is 4.90 Å². The number of rotatable bonds is 2. The molecule has 2 atom stereocenters. The number of likely N-dealkylation sites (tertiary alicyclic amines) is 1. The Bertz CT molecular complexity index is 541. The van der Waals surface area contributed by atoms with Crippen LogP contribution in [0.2, 0.25) is 5.02 Å². The Hall–Kier alpha value is -1.83. The van der Waals surface area contributed by atoms with E-state index in [1.54, 1.807) is 0 Å². The molecule has 8 heteroatoms. The molecular weight excluding hydrogens is 288 g/mol. The Labute approximate surface area is 119 Å². The number of carboxylic acid groups (broad SMARTS) is 1. The number of amides is 2. The van der Waals surface area contributed by atoms with Gasteiger partial charge in [0.05, 0.1) is 30.9 Å². The molecule has 0 bridgehead atoms. The number of nitrogens with zero attached hydrogens (tertiary/aromatic N) is 1. The first kappa shape index (κ1) is 14.6. The number of nitrogens with one attached hydrogen (secondary N) is 1. The van der Waals surface area contributed by atoms with Gasteiger partial charge in [0.15, 0.2) is 0 Å². The van der Waals surface area contributed by atoms with Gasteiger partial charge in [0.2, 0.25) is 0 Å². The van der Waals surface area contributed by atoms with Gasteiger partial charge in [-0.3, -0.25) is 0 Å². The second-order valence-electron chi connectivity index (χ2n) is 4.50. The SMILES string of the molecule is O=C(O)c1cc(Cl)cc(NC(=O)N2CC(O)C(O)C2)c1. The highest BCUT2D eigenvalue weighted by molar-refractivity contribution is 6.31. The van der Waals surface area contributed by atoms with E-state index in [0.29, 0.717) is 0 Å². The average Bonchev–Trinajstić information content (AvgIpc) is 2.69. The highest BCUT2D eigenvalue weighted by Gasteiger charge is 2.32. The normalized spacial score (nSPS) is 21.9. The predicted octanol–water partition coefficient (Wildman–Crippen LogP) is 0.607. The molecule has 0 spiro atoms. The first-order valence-corrected chi connectivity index (χ1v) is 6.20. The van der Waals surface area contributed by atoms with Crippen LogP contribution in [0.5, 0.6) is 0 Å². The molecule has 2 unspecified atom stereocenters. The van der Waals surface area contributed by atoms with Gasteiger partial charge in [0, 0.05) is 10.7 Å². The van der Waals surface area contributed by atoms with Gasteiger partial charge in [0.25, 0.3) is 0 Å². The van der Waals surface area contributed by atoms with E-state index in [2.05, 4.69) is 5.32 Å². The summed E-state index contributed by atoms with van der Waals surface area (Å²) in [6.07, 6.45) is -1.95. The van der Waals surface area contributed by atoms with E-state index in [4.69, 9.17) is 16.7 Å². The molecule has 2 amide bonds. The Morgan fingerprint density at radius 2 is 1.80 bits per heavy atom. The molecule has 1 aliphatic rings. The minimum Gasteiger partial charge on any atom is -0.478 e. The van der Waals surface area contributed by atoms with Gasteiger partial charge < -0.3 is 25.5 Å². The predicted molar refractivity (Wildman–Crippen MR) is 71.0 cm³/mol. The van der Waals surface area contributed by atoms with Crippen molar-refractivity contribution in [2.75, 3.05) is 18.4 Å². The number of carbonyl (C=O) groups is 2. The summed E-state index contributed by atoms with van der Waals surface area (Å²) in [5.41, 5.74) is 0.185. The molecule has 1 heterocycles. The number of halogens is 1. The van der Waals surface area contributed by atoms with Gasteiger partial charge in [-0.15, -0.1) is 0 Å².